The molecule has 0 fully saturated rings. The van der Waals surface area contributed by atoms with Gasteiger partial charge in [-0.1, -0.05) is 186 Å². The highest BCUT2D eigenvalue weighted by molar-refractivity contribution is 6.11. The molecule has 78 heavy (non-hydrogen) atoms. The third-order valence-corrected chi connectivity index (χ3v) is 14.4. The van der Waals surface area contributed by atoms with E-state index in [9.17, 15) is 0 Å². The van der Waals surface area contributed by atoms with Gasteiger partial charge in [-0.25, -0.2) is 0 Å². The Labute approximate surface area is 467 Å². The standard InChI is InChI=1S/C72H82N2O4/c1-11-15-43-75-65-47-53(7)48-66(76-44-16-12-2)71(65)73(61-39-35-59(36-40-61)33-31-57-27-23-51(5)24-28-57)69-55(9)56(10)70(64-22-20-19-21-63(64)69)74(62-41-37-60(38-42-62)34-32-58-29-25-52(6)26-30-58)72-67(77-45-17-13-3)49-54(8)50-68(72)78-46-18-14-4/h19-42,47-50H,11-18,43-46H2,1-10H3/b33-31+,34-32+. The smallest absolute Gasteiger partial charge is 0.147 e. The molecule has 8 rings (SSSR count). The third-order valence-electron chi connectivity index (χ3n) is 14.4. The van der Waals surface area contributed by atoms with Gasteiger partial charge in [-0.15, -0.1) is 0 Å². The van der Waals surface area contributed by atoms with Crippen molar-refractivity contribution < 1.29 is 18.9 Å². The van der Waals surface area contributed by atoms with E-state index >= 15 is 0 Å². The minimum atomic E-state index is 0.590. The van der Waals surface area contributed by atoms with E-state index in [0.29, 0.717) is 26.4 Å². The molecule has 404 valence electrons. The Kier molecular flexibility index (Phi) is 20.0. The fourth-order valence-electron chi connectivity index (χ4n) is 9.79. The van der Waals surface area contributed by atoms with Crippen molar-refractivity contribution >= 4 is 69.2 Å². The summed E-state index contributed by atoms with van der Waals surface area (Å²) in [5.41, 5.74) is 17.3. The van der Waals surface area contributed by atoms with Crippen molar-refractivity contribution in [3.8, 4) is 23.0 Å². The van der Waals surface area contributed by atoms with Gasteiger partial charge in [0, 0.05) is 22.1 Å². The fourth-order valence-corrected chi connectivity index (χ4v) is 9.79. The van der Waals surface area contributed by atoms with E-state index < -0.39 is 0 Å². The fraction of sp³-hybridized carbons (Fsp3) is 0.306. The number of hydrogen-bond acceptors (Lipinski definition) is 6. The summed E-state index contributed by atoms with van der Waals surface area (Å²) in [6.45, 7) is 24.3. The number of unbranched alkanes of at least 4 members (excludes halogenated alkanes) is 4. The zero-order valence-corrected chi connectivity index (χ0v) is 48.2. The highest BCUT2D eigenvalue weighted by Crippen LogP contribution is 2.55. The summed E-state index contributed by atoms with van der Waals surface area (Å²) in [6, 6.07) is 52.7. The van der Waals surface area contributed by atoms with Crippen LogP contribution < -0.4 is 28.7 Å². The summed E-state index contributed by atoms with van der Waals surface area (Å²) in [5.74, 6) is 3.18. The quantitative estimate of drug-likeness (QED) is 0.0398. The first-order chi connectivity index (χ1) is 38.0. The van der Waals surface area contributed by atoms with Crippen LogP contribution in [0.3, 0.4) is 0 Å². The van der Waals surface area contributed by atoms with Gasteiger partial charge in [0.1, 0.15) is 34.4 Å². The number of ether oxygens (including phenoxy) is 4. The molecule has 0 radical (unpaired) electrons. The molecule has 0 aliphatic heterocycles. The summed E-state index contributed by atoms with van der Waals surface area (Å²) in [5, 5.41) is 2.16. The molecule has 0 bridgehead atoms. The largest absolute Gasteiger partial charge is 0.491 e. The lowest BCUT2D eigenvalue weighted by molar-refractivity contribution is 0.295. The van der Waals surface area contributed by atoms with Gasteiger partial charge in [0.15, 0.2) is 0 Å². The number of hydrogen-bond donors (Lipinski definition) is 0. The van der Waals surface area contributed by atoms with E-state index in [1.54, 1.807) is 0 Å². The number of anilines is 6. The van der Waals surface area contributed by atoms with Gasteiger partial charge in [-0.3, -0.25) is 0 Å². The van der Waals surface area contributed by atoms with Crippen LogP contribution in [0.5, 0.6) is 23.0 Å². The average Bonchev–Trinajstić information content (AvgIpc) is 3.51. The van der Waals surface area contributed by atoms with Gasteiger partial charge in [0.25, 0.3) is 0 Å². The molecule has 0 aliphatic carbocycles. The van der Waals surface area contributed by atoms with Crippen molar-refractivity contribution in [1.29, 1.82) is 0 Å². The minimum Gasteiger partial charge on any atom is -0.491 e. The minimum absolute atomic E-state index is 0.590. The van der Waals surface area contributed by atoms with Gasteiger partial charge in [-0.05, 0) is 160 Å². The first-order valence-corrected chi connectivity index (χ1v) is 28.6. The van der Waals surface area contributed by atoms with Crippen LogP contribution in [0.1, 0.15) is 135 Å². The van der Waals surface area contributed by atoms with Crippen molar-refractivity contribution in [3.05, 3.63) is 201 Å². The molecule has 0 saturated carbocycles. The van der Waals surface area contributed by atoms with Crippen molar-refractivity contribution in [2.75, 3.05) is 36.2 Å². The lowest BCUT2D eigenvalue weighted by Crippen LogP contribution is -2.19. The van der Waals surface area contributed by atoms with Crippen LogP contribution in [0.2, 0.25) is 0 Å². The predicted molar refractivity (Wildman–Crippen MR) is 334 cm³/mol. The Morgan fingerprint density at radius 3 is 0.859 bits per heavy atom. The van der Waals surface area contributed by atoms with Crippen molar-refractivity contribution in [1.82, 2.24) is 0 Å². The topological polar surface area (TPSA) is 43.4 Å². The molecule has 6 nitrogen and oxygen atoms in total. The molecule has 0 atom stereocenters. The first-order valence-electron chi connectivity index (χ1n) is 28.6. The van der Waals surface area contributed by atoms with Crippen LogP contribution in [0, 0.1) is 41.5 Å². The summed E-state index contributed by atoms with van der Waals surface area (Å²) < 4.78 is 27.6. The second-order valence-corrected chi connectivity index (χ2v) is 20.9. The SMILES string of the molecule is CCCCOc1cc(C)cc(OCCCC)c1N(c1ccc(/C=C/c2ccc(C)cc2)cc1)c1c(C)c(C)c(N(c2ccc(/C=C/c3ccc(C)cc3)cc2)c2c(OCCCC)cc(C)cc2OCCCC)c2ccccc12. The third kappa shape index (κ3) is 13.9. The average molecular weight is 1040 g/mol. The van der Waals surface area contributed by atoms with Crippen molar-refractivity contribution in [2.45, 2.75) is 121 Å². The number of benzene rings is 8. The zero-order chi connectivity index (χ0) is 55.0. The van der Waals surface area contributed by atoms with E-state index in [0.717, 1.165) is 164 Å². The molecule has 8 aromatic rings. The van der Waals surface area contributed by atoms with E-state index in [4.69, 9.17) is 18.9 Å². The van der Waals surface area contributed by atoms with Crippen LogP contribution in [0.4, 0.5) is 34.1 Å². The van der Waals surface area contributed by atoms with Gasteiger partial charge in [0.2, 0.25) is 0 Å². The molecule has 6 heteroatoms. The Hall–Kier alpha value is -7.70. The molecule has 0 amide bonds. The first kappa shape index (κ1) is 56.5. The maximum atomic E-state index is 6.91. The predicted octanol–water partition coefficient (Wildman–Crippen LogP) is 20.7. The van der Waals surface area contributed by atoms with Crippen molar-refractivity contribution in [3.63, 3.8) is 0 Å². The molecular weight excluding hydrogens is 957 g/mol. The second kappa shape index (κ2) is 27.6. The van der Waals surface area contributed by atoms with Crippen molar-refractivity contribution in [2.24, 2.45) is 0 Å². The van der Waals surface area contributed by atoms with E-state index in [1.807, 2.05) is 0 Å². The van der Waals surface area contributed by atoms with E-state index in [2.05, 4.69) is 249 Å². The second-order valence-electron chi connectivity index (χ2n) is 20.9. The number of fused-ring (bicyclic) bond motifs is 1. The summed E-state index contributed by atoms with van der Waals surface area (Å²) >= 11 is 0. The molecular formula is C72H82N2O4. The van der Waals surface area contributed by atoms with Crippen LogP contribution in [-0.4, -0.2) is 26.4 Å². The lowest BCUT2D eigenvalue weighted by atomic mass is 9.93. The Morgan fingerprint density at radius 1 is 0.321 bits per heavy atom. The van der Waals surface area contributed by atoms with Crippen LogP contribution in [0.15, 0.2) is 146 Å². The van der Waals surface area contributed by atoms with Gasteiger partial charge in [0.05, 0.1) is 37.8 Å². The molecule has 8 aromatic carbocycles. The van der Waals surface area contributed by atoms with Crippen LogP contribution >= 0.6 is 0 Å². The van der Waals surface area contributed by atoms with E-state index in [-0.39, 0.29) is 0 Å². The van der Waals surface area contributed by atoms with Crippen LogP contribution in [0.25, 0.3) is 35.1 Å². The monoisotopic (exact) mass is 1040 g/mol. The zero-order valence-electron chi connectivity index (χ0n) is 48.2. The van der Waals surface area contributed by atoms with Crippen LogP contribution in [-0.2, 0) is 0 Å². The van der Waals surface area contributed by atoms with Gasteiger partial charge < -0.3 is 28.7 Å². The molecule has 0 aliphatic rings. The molecule has 0 unspecified atom stereocenters. The number of aryl methyl sites for hydroxylation is 4. The number of nitrogens with zero attached hydrogens (tertiary/aromatic N) is 2. The maximum Gasteiger partial charge on any atom is 0.147 e. The summed E-state index contributed by atoms with van der Waals surface area (Å²) in [6.07, 6.45) is 16.6. The Bertz CT molecular complexity index is 3000. The summed E-state index contributed by atoms with van der Waals surface area (Å²) in [7, 11) is 0. The molecule has 0 aromatic heterocycles. The molecule has 0 spiro atoms. The Balaban J connectivity index is 1.40. The molecule has 0 N–H and O–H groups in total. The highest BCUT2D eigenvalue weighted by atomic mass is 16.5. The number of rotatable bonds is 26. The Morgan fingerprint density at radius 2 is 0.590 bits per heavy atom. The molecule has 0 saturated heterocycles. The van der Waals surface area contributed by atoms with Gasteiger partial charge in [-0.2, -0.15) is 0 Å². The highest BCUT2D eigenvalue weighted by Gasteiger charge is 2.32. The lowest BCUT2D eigenvalue weighted by Gasteiger charge is -2.36. The normalized spacial score (nSPS) is 11.5. The van der Waals surface area contributed by atoms with Gasteiger partial charge >= 0.3 is 0 Å². The summed E-state index contributed by atoms with van der Waals surface area (Å²) in [4.78, 5) is 4.82. The maximum absolute atomic E-state index is 6.91. The van der Waals surface area contributed by atoms with E-state index in [1.165, 1.54) is 11.1 Å². The molecule has 0 heterocycles.